The lowest BCUT2D eigenvalue weighted by molar-refractivity contribution is -0.124. The Morgan fingerprint density at radius 2 is 1.90 bits per heavy atom. The predicted octanol–water partition coefficient (Wildman–Crippen LogP) is 2.88. The molecule has 1 heterocycles. The first-order valence-corrected chi connectivity index (χ1v) is 10.8. The van der Waals surface area contributed by atoms with Gasteiger partial charge >= 0.3 is 0 Å². The number of aliphatic hydroxyl groups excluding tert-OH is 1. The van der Waals surface area contributed by atoms with Crippen LogP contribution in [0, 0.1) is 0 Å². The molecule has 160 valence electrons. The first-order valence-electron chi connectivity index (χ1n) is 10.8. The fourth-order valence-electron chi connectivity index (χ4n) is 4.25. The maximum atomic E-state index is 11.8. The van der Waals surface area contributed by atoms with Gasteiger partial charge in [-0.3, -0.25) is 4.79 Å². The van der Waals surface area contributed by atoms with Crippen LogP contribution in [0.1, 0.15) is 49.3 Å². The van der Waals surface area contributed by atoms with Gasteiger partial charge in [0.2, 0.25) is 5.91 Å². The van der Waals surface area contributed by atoms with E-state index in [0.29, 0.717) is 0 Å². The highest BCUT2D eigenvalue weighted by Gasteiger charge is 2.26. The van der Waals surface area contributed by atoms with Crippen molar-refractivity contribution in [3.05, 3.63) is 59.7 Å². The van der Waals surface area contributed by atoms with Gasteiger partial charge in [-0.15, -0.1) is 0 Å². The summed E-state index contributed by atoms with van der Waals surface area (Å²) in [5, 5.41) is 11.9. The summed E-state index contributed by atoms with van der Waals surface area (Å²) in [7, 11) is 0. The summed E-state index contributed by atoms with van der Waals surface area (Å²) in [4.78, 5) is 11.8. The number of carbonyl (C=O) groups is 1. The van der Waals surface area contributed by atoms with Crippen molar-refractivity contribution in [1.82, 2.24) is 5.32 Å². The van der Waals surface area contributed by atoms with Gasteiger partial charge in [-0.1, -0.05) is 30.3 Å². The number of ether oxygens (including phenoxy) is 2. The third-order valence-corrected chi connectivity index (χ3v) is 6.01. The topological polar surface area (TPSA) is 93.8 Å². The lowest BCUT2D eigenvalue weighted by atomic mass is 9.92. The molecular formula is C24H30N2O4. The zero-order chi connectivity index (χ0) is 20.9. The second kappa shape index (κ2) is 9.49. The Balaban J connectivity index is 1.29. The van der Waals surface area contributed by atoms with Gasteiger partial charge in [0.05, 0.1) is 12.7 Å². The van der Waals surface area contributed by atoms with E-state index < -0.39 is 6.04 Å². The summed E-state index contributed by atoms with van der Waals surface area (Å²) in [6.07, 6.45) is 5.63. The van der Waals surface area contributed by atoms with Gasteiger partial charge in [0, 0.05) is 6.04 Å². The Morgan fingerprint density at radius 1 is 1.13 bits per heavy atom. The summed E-state index contributed by atoms with van der Waals surface area (Å²) < 4.78 is 12.4. The highest BCUT2D eigenvalue weighted by molar-refractivity contribution is 5.81. The number of aliphatic hydroxyl groups is 1. The number of nitrogens with two attached hydrogens (primary N) is 1. The molecule has 1 saturated carbocycles. The molecule has 30 heavy (non-hydrogen) atoms. The molecular weight excluding hydrogens is 380 g/mol. The number of nitrogens with one attached hydrogen (secondary N) is 1. The molecule has 0 saturated heterocycles. The van der Waals surface area contributed by atoms with E-state index in [-0.39, 0.29) is 30.8 Å². The number of amides is 1. The number of hydrogen-bond acceptors (Lipinski definition) is 5. The van der Waals surface area contributed by atoms with Gasteiger partial charge in [-0.05, 0) is 67.9 Å². The van der Waals surface area contributed by atoms with Crippen molar-refractivity contribution in [1.29, 1.82) is 0 Å². The molecule has 1 aliphatic carbocycles. The smallest absolute Gasteiger partial charge is 0.239 e. The maximum Gasteiger partial charge on any atom is 0.239 e. The van der Waals surface area contributed by atoms with Crippen LogP contribution in [0.5, 0.6) is 11.5 Å². The largest absolute Gasteiger partial charge is 0.490 e. The van der Waals surface area contributed by atoms with Crippen molar-refractivity contribution in [3.8, 4) is 11.5 Å². The van der Waals surface area contributed by atoms with E-state index in [1.165, 1.54) is 11.1 Å². The lowest BCUT2D eigenvalue weighted by Gasteiger charge is -2.31. The first-order chi connectivity index (χ1) is 14.6. The number of rotatable bonds is 6. The number of fused-ring (bicyclic) bond motifs is 1. The molecule has 1 fully saturated rings. The number of hydrogen-bond donors (Lipinski definition) is 3. The fraction of sp³-hybridized carbons (Fsp3) is 0.458. The minimum Gasteiger partial charge on any atom is -0.490 e. The van der Waals surface area contributed by atoms with Crippen molar-refractivity contribution in [2.75, 3.05) is 6.61 Å². The monoisotopic (exact) mass is 410 g/mol. The van der Waals surface area contributed by atoms with E-state index in [1.807, 2.05) is 30.3 Å². The third-order valence-electron chi connectivity index (χ3n) is 6.01. The van der Waals surface area contributed by atoms with Crippen molar-refractivity contribution in [2.45, 2.75) is 62.8 Å². The molecule has 1 unspecified atom stereocenters. The van der Waals surface area contributed by atoms with Crippen LogP contribution in [-0.2, 0) is 11.2 Å². The molecule has 1 amide bonds. The van der Waals surface area contributed by atoms with Crippen LogP contribution in [0.2, 0.25) is 0 Å². The van der Waals surface area contributed by atoms with Crippen LogP contribution in [0.4, 0.5) is 0 Å². The molecule has 4 rings (SSSR count). The molecule has 2 aliphatic rings. The van der Waals surface area contributed by atoms with E-state index in [0.717, 1.165) is 50.0 Å². The molecule has 0 spiro atoms. The van der Waals surface area contributed by atoms with Crippen LogP contribution in [0.15, 0.2) is 48.5 Å². The van der Waals surface area contributed by atoms with Gasteiger partial charge in [-0.2, -0.15) is 0 Å². The number of aryl methyl sites for hydroxylation is 1. The maximum absolute atomic E-state index is 11.8. The van der Waals surface area contributed by atoms with Crippen LogP contribution >= 0.6 is 0 Å². The Bertz CT molecular complexity index is 850. The average Bonchev–Trinajstić information content (AvgIpc) is 2.80. The van der Waals surface area contributed by atoms with Gasteiger partial charge in [-0.25, -0.2) is 0 Å². The second-order valence-corrected chi connectivity index (χ2v) is 8.21. The fourth-order valence-corrected chi connectivity index (χ4v) is 4.25. The van der Waals surface area contributed by atoms with E-state index in [1.54, 1.807) is 0 Å². The minimum absolute atomic E-state index is 0.0989. The van der Waals surface area contributed by atoms with E-state index in [9.17, 15) is 4.79 Å². The molecule has 2 aromatic carbocycles. The third kappa shape index (κ3) is 4.94. The van der Waals surface area contributed by atoms with E-state index in [2.05, 4.69) is 23.5 Å². The van der Waals surface area contributed by atoms with Crippen LogP contribution in [0.3, 0.4) is 0 Å². The molecule has 2 atom stereocenters. The van der Waals surface area contributed by atoms with Gasteiger partial charge in [0.1, 0.15) is 23.6 Å². The standard InChI is InChI=1S/C24H30N2O4/c25-21(15-27)24(28)26-18-7-9-19(10-8-18)29-20-11-13-23-17(14-20)6-12-22(30-23)16-4-2-1-3-5-16/h1-5,11,13-14,18-19,21-22,27H,6-10,12,15,25H2,(H,26,28)/t18?,19?,21-,22?/m0/s1. The molecule has 0 bridgehead atoms. The van der Waals surface area contributed by atoms with Gasteiger partial charge < -0.3 is 25.6 Å². The zero-order valence-corrected chi connectivity index (χ0v) is 17.1. The van der Waals surface area contributed by atoms with Crippen LogP contribution in [-0.4, -0.2) is 35.8 Å². The minimum atomic E-state index is -0.849. The Labute approximate surface area is 177 Å². The predicted molar refractivity (Wildman–Crippen MR) is 114 cm³/mol. The highest BCUT2D eigenvalue weighted by atomic mass is 16.5. The SMILES string of the molecule is N[C@@H](CO)C(=O)NC1CCC(Oc2ccc3c(c2)CCC(c2ccccc2)O3)CC1. The summed E-state index contributed by atoms with van der Waals surface area (Å²) in [6, 6.07) is 15.7. The van der Waals surface area contributed by atoms with Crippen molar-refractivity contribution in [3.63, 3.8) is 0 Å². The summed E-state index contributed by atoms with van der Waals surface area (Å²) >= 11 is 0. The quantitative estimate of drug-likeness (QED) is 0.681. The average molecular weight is 411 g/mol. The second-order valence-electron chi connectivity index (χ2n) is 8.21. The molecule has 0 aromatic heterocycles. The van der Waals surface area contributed by atoms with Crippen molar-refractivity contribution in [2.24, 2.45) is 5.73 Å². The first kappa shape index (κ1) is 20.7. The van der Waals surface area contributed by atoms with Gasteiger partial charge in [0.25, 0.3) is 0 Å². The van der Waals surface area contributed by atoms with E-state index >= 15 is 0 Å². The highest BCUT2D eigenvalue weighted by Crippen LogP contribution is 2.37. The van der Waals surface area contributed by atoms with E-state index in [4.69, 9.17) is 20.3 Å². The Morgan fingerprint density at radius 3 is 2.63 bits per heavy atom. The molecule has 6 nitrogen and oxygen atoms in total. The molecule has 4 N–H and O–H groups in total. The van der Waals surface area contributed by atoms with Crippen molar-refractivity contribution < 1.29 is 19.4 Å². The lowest BCUT2D eigenvalue weighted by Crippen LogP contribution is -2.48. The number of benzene rings is 2. The Hall–Kier alpha value is -2.57. The summed E-state index contributed by atoms with van der Waals surface area (Å²) in [5.41, 5.74) is 7.97. The van der Waals surface area contributed by atoms with Crippen molar-refractivity contribution >= 4 is 5.91 Å². The number of carbonyl (C=O) groups excluding carboxylic acids is 1. The Kier molecular flexibility index (Phi) is 6.55. The van der Waals surface area contributed by atoms with Crippen LogP contribution in [0.25, 0.3) is 0 Å². The molecule has 1 aliphatic heterocycles. The summed E-state index contributed by atoms with van der Waals surface area (Å²) in [6.45, 7) is -0.335. The zero-order valence-electron chi connectivity index (χ0n) is 17.1. The molecule has 6 heteroatoms. The summed E-state index contributed by atoms with van der Waals surface area (Å²) in [5.74, 6) is 1.53. The normalized spacial score (nSPS) is 24.3. The van der Waals surface area contributed by atoms with Gasteiger partial charge in [0.15, 0.2) is 0 Å². The molecule has 0 radical (unpaired) electrons. The molecule has 2 aromatic rings. The van der Waals surface area contributed by atoms with Crippen LogP contribution < -0.4 is 20.5 Å².